The number of para-hydroxylation sites is 1. The molecular weight excluding hydrogens is 310 g/mol. The fraction of sp³-hybridized carbons (Fsp3) is 0.0625. The lowest BCUT2D eigenvalue weighted by molar-refractivity contribution is -0.385. The van der Waals surface area contributed by atoms with Gasteiger partial charge in [0.15, 0.2) is 0 Å². The van der Waals surface area contributed by atoms with Gasteiger partial charge < -0.3 is 5.32 Å². The molecule has 0 spiro atoms. The van der Waals surface area contributed by atoms with Crippen LogP contribution in [0.3, 0.4) is 0 Å². The molecule has 0 aliphatic rings. The first kappa shape index (κ1) is 15.3. The largest absolute Gasteiger partial charge is 0.326 e. The Morgan fingerprint density at radius 1 is 1.17 bits per heavy atom. The van der Waals surface area contributed by atoms with Gasteiger partial charge in [-0.1, -0.05) is 18.2 Å². The number of benzene rings is 2. The zero-order valence-corrected chi connectivity index (χ0v) is 12.5. The summed E-state index contributed by atoms with van der Waals surface area (Å²) in [4.78, 5) is 26.5. The molecule has 0 unspecified atom stereocenters. The van der Waals surface area contributed by atoms with Gasteiger partial charge in [0.1, 0.15) is 12.7 Å². The van der Waals surface area contributed by atoms with E-state index in [-0.39, 0.29) is 18.0 Å². The number of nitro groups is 1. The predicted molar refractivity (Wildman–Crippen MR) is 86.8 cm³/mol. The standard InChI is InChI=1S/C16H13N5O3/c22-16(9-12-3-1-2-4-15(12)21(23)24)19-13-5-7-14(8-6-13)20-11-17-10-18-20/h1-8,10-11H,9H2,(H,19,22). The second-order valence-electron chi connectivity index (χ2n) is 5.00. The minimum absolute atomic E-state index is 0.0609. The molecule has 0 aliphatic heterocycles. The number of nitrogens with one attached hydrogen (secondary N) is 1. The molecule has 0 bridgehead atoms. The molecule has 3 rings (SSSR count). The van der Waals surface area contributed by atoms with E-state index in [2.05, 4.69) is 15.4 Å². The van der Waals surface area contributed by atoms with Crippen molar-refractivity contribution in [1.29, 1.82) is 0 Å². The third-order valence-electron chi connectivity index (χ3n) is 3.37. The Labute approximate surface area is 136 Å². The van der Waals surface area contributed by atoms with Crippen LogP contribution in [-0.4, -0.2) is 25.6 Å². The summed E-state index contributed by atoms with van der Waals surface area (Å²) in [7, 11) is 0. The Morgan fingerprint density at radius 2 is 1.92 bits per heavy atom. The lowest BCUT2D eigenvalue weighted by atomic mass is 10.1. The molecule has 1 heterocycles. The summed E-state index contributed by atoms with van der Waals surface area (Å²) in [6.07, 6.45) is 2.94. The molecule has 2 aromatic carbocycles. The van der Waals surface area contributed by atoms with E-state index in [4.69, 9.17) is 0 Å². The molecule has 0 atom stereocenters. The van der Waals surface area contributed by atoms with Gasteiger partial charge in [0, 0.05) is 17.3 Å². The number of carbonyl (C=O) groups excluding carboxylic acids is 1. The number of aromatic nitrogens is 3. The van der Waals surface area contributed by atoms with Crippen molar-refractivity contribution in [2.24, 2.45) is 0 Å². The van der Waals surface area contributed by atoms with Crippen LogP contribution >= 0.6 is 0 Å². The normalized spacial score (nSPS) is 10.3. The van der Waals surface area contributed by atoms with Crippen molar-refractivity contribution in [3.8, 4) is 5.69 Å². The van der Waals surface area contributed by atoms with Crippen molar-refractivity contribution in [3.05, 3.63) is 76.9 Å². The van der Waals surface area contributed by atoms with Crippen LogP contribution in [0, 0.1) is 10.1 Å². The Bertz CT molecular complexity index is 860. The number of amides is 1. The smallest absolute Gasteiger partial charge is 0.273 e. The van der Waals surface area contributed by atoms with Gasteiger partial charge in [0.25, 0.3) is 5.69 Å². The molecule has 120 valence electrons. The maximum atomic E-state index is 12.1. The average Bonchev–Trinajstić information content (AvgIpc) is 3.10. The fourth-order valence-corrected chi connectivity index (χ4v) is 2.26. The first-order chi connectivity index (χ1) is 11.6. The van der Waals surface area contributed by atoms with Crippen molar-refractivity contribution in [1.82, 2.24) is 14.8 Å². The second kappa shape index (κ2) is 6.69. The molecule has 1 aromatic heterocycles. The average molecular weight is 323 g/mol. The van der Waals surface area contributed by atoms with Gasteiger partial charge in [-0.2, -0.15) is 5.10 Å². The molecule has 1 N–H and O–H groups in total. The van der Waals surface area contributed by atoms with Gasteiger partial charge in [-0.3, -0.25) is 14.9 Å². The molecule has 8 nitrogen and oxygen atoms in total. The topological polar surface area (TPSA) is 103 Å². The van der Waals surface area contributed by atoms with E-state index in [1.165, 1.54) is 12.4 Å². The van der Waals surface area contributed by atoms with Crippen LogP contribution in [-0.2, 0) is 11.2 Å². The highest BCUT2D eigenvalue weighted by Gasteiger charge is 2.15. The molecule has 3 aromatic rings. The quantitative estimate of drug-likeness (QED) is 0.573. The van der Waals surface area contributed by atoms with Gasteiger partial charge in [0.2, 0.25) is 5.91 Å². The highest BCUT2D eigenvalue weighted by molar-refractivity contribution is 5.92. The summed E-state index contributed by atoms with van der Waals surface area (Å²) in [5.74, 6) is -0.321. The Hall–Kier alpha value is -3.55. The van der Waals surface area contributed by atoms with E-state index in [1.54, 1.807) is 53.5 Å². The number of hydrogen-bond donors (Lipinski definition) is 1. The highest BCUT2D eigenvalue weighted by Crippen LogP contribution is 2.19. The molecule has 1 amide bonds. The number of nitrogens with zero attached hydrogens (tertiary/aromatic N) is 4. The predicted octanol–water partition coefficient (Wildman–Crippen LogP) is 2.36. The zero-order valence-electron chi connectivity index (χ0n) is 12.5. The first-order valence-electron chi connectivity index (χ1n) is 7.11. The second-order valence-corrected chi connectivity index (χ2v) is 5.00. The van der Waals surface area contributed by atoms with Gasteiger partial charge >= 0.3 is 0 Å². The number of hydrogen-bond acceptors (Lipinski definition) is 5. The minimum atomic E-state index is -0.491. The maximum Gasteiger partial charge on any atom is 0.273 e. The molecule has 0 aliphatic carbocycles. The minimum Gasteiger partial charge on any atom is -0.326 e. The van der Waals surface area contributed by atoms with Gasteiger partial charge in [-0.15, -0.1) is 0 Å². The summed E-state index contributed by atoms with van der Waals surface area (Å²) in [5.41, 5.74) is 1.72. The first-order valence-corrected chi connectivity index (χ1v) is 7.11. The monoisotopic (exact) mass is 323 g/mol. The summed E-state index contributed by atoms with van der Waals surface area (Å²) >= 11 is 0. The van der Waals surface area contributed by atoms with Crippen molar-refractivity contribution < 1.29 is 9.72 Å². The van der Waals surface area contributed by atoms with Crippen LogP contribution < -0.4 is 5.32 Å². The highest BCUT2D eigenvalue weighted by atomic mass is 16.6. The van der Waals surface area contributed by atoms with Crippen LogP contribution in [0.2, 0.25) is 0 Å². The lowest BCUT2D eigenvalue weighted by Crippen LogP contribution is -2.15. The fourth-order valence-electron chi connectivity index (χ4n) is 2.26. The Kier molecular flexibility index (Phi) is 4.28. The lowest BCUT2D eigenvalue weighted by Gasteiger charge is -2.07. The SMILES string of the molecule is O=C(Cc1ccccc1[N+](=O)[O-])Nc1ccc(-n2cncn2)cc1. The van der Waals surface area contributed by atoms with Gasteiger partial charge in [-0.05, 0) is 24.3 Å². The van der Waals surface area contributed by atoms with Crippen molar-refractivity contribution >= 4 is 17.3 Å². The number of rotatable bonds is 5. The Balaban J connectivity index is 1.68. The third kappa shape index (κ3) is 3.43. The molecule has 24 heavy (non-hydrogen) atoms. The van der Waals surface area contributed by atoms with Crippen LogP contribution in [0.25, 0.3) is 5.69 Å². The van der Waals surface area contributed by atoms with Gasteiger partial charge in [0.05, 0.1) is 17.0 Å². The molecule has 0 saturated carbocycles. The summed E-state index contributed by atoms with van der Waals surface area (Å²) < 4.78 is 1.60. The molecular formula is C16H13N5O3. The van der Waals surface area contributed by atoms with E-state index in [0.29, 0.717) is 11.3 Å². The van der Waals surface area contributed by atoms with Crippen molar-refractivity contribution in [2.75, 3.05) is 5.32 Å². The van der Waals surface area contributed by atoms with Crippen LogP contribution in [0.1, 0.15) is 5.56 Å². The summed E-state index contributed by atoms with van der Waals surface area (Å²) in [6, 6.07) is 13.2. The van der Waals surface area contributed by atoms with Crippen molar-refractivity contribution in [3.63, 3.8) is 0 Å². The van der Waals surface area contributed by atoms with E-state index < -0.39 is 4.92 Å². The summed E-state index contributed by atoms with van der Waals surface area (Å²) in [5, 5.41) is 17.7. The summed E-state index contributed by atoms with van der Waals surface area (Å²) in [6.45, 7) is 0. The van der Waals surface area contributed by atoms with E-state index in [1.807, 2.05) is 0 Å². The molecule has 8 heteroatoms. The molecule has 0 saturated heterocycles. The van der Waals surface area contributed by atoms with Crippen LogP contribution in [0.5, 0.6) is 0 Å². The molecule has 0 radical (unpaired) electrons. The number of nitro benzene ring substituents is 1. The third-order valence-corrected chi connectivity index (χ3v) is 3.37. The van der Waals surface area contributed by atoms with Crippen LogP contribution in [0.4, 0.5) is 11.4 Å². The van der Waals surface area contributed by atoms with Crippen molar-refractivity contribution in [2.45, 2.75) is 6.42 Å². The van der Waals surface area contributed by atoms with E-state index >= 15 is 0 Å². The van der Waals surface area contributed by atoms with E-state index in [0.717, 1.165) is 5.69 Å². The molecule has 0 fully saturated rings. The number of carbonyl (C=O) groups is 1. The zero-order chi connectivity index (χ0) is 16.9. The number of anilines is 1. The Morgan fingerprint density at radius 3 is 2.58 bits per heavy atom. The van der Waals surface area contributed by atoms with Gasteiger partial charge in [-0.25, -0.2) is 9.67 Å². The van der Waals surface area contributed by atoms with Crippen LogP contribution in [0.15, 0.2) is 61.2 Å². The maximum absolute atomic E-state index is 12.1. The van der Waals surface area contributed by atoms with E-state index in [9.17, 15) is 14.9 Å².